The van der Waals surface area contributed by atoms with Gasteiger partial charge in [-0.3, -0.25) is 4.79 Å². The molecule has 0 spiro atoms. The Balaban J connectivity index is 1.82. The van der Waals surface area contributed by atoms with E-state index >= 15 is 0 Å². The fraction of sp³-hybridized carbons (Fsp3) is 0.611. The van der Waals surface area contributed by atoms with Crippen molar-refractivity contribution < 1.29 is 13.2 Å². The highest BCUT2D eigenvalue weighted by molar-refractivity contribution is 7.89. The molecule has 1 aliphatic heterocycles. The summed E-state index contributed by atoms with van der Waals surface area (Å²) in [6.07, 6.45) is 3.52. The van der Waals surface area contributed by atoms with Crippen molar-refractivity contribution in [2.75, 3.05) is 18.8 Å². The summed E-state index contributed by atoms with van der Waals surface area (Å²) in [7, 11) is -3.36. The molecule has 2 rings (SSSR count). The van der Waals surface area contributed by atoms with E-state index in [2.05, 4.69) is 29.0 Å². The Bertz CT molecular complexity index is 623. The highest BCUT2D eigenvalue weighted by atomic mass is 32.2. The summed E-state index contributed by atoms with van der Waals surface area (Å²) < 4.78 is 26.1. The van der Waals surface area contributed by atoms with Crippen molar-refractivity contribution in [2.24, 2.45) is 5.92 Å². The zero-order valence-corrected chi connectivity index (χ0v) is 15.4. The molecular formula is C18H28N2O3S. The molecule has 1 aliphatic rings. The van der Waals surface area contributed by atoms with E-state index in [1.807, 2.05) is 13.0 Å². The van der Waals surface area contributed by atoms with Crippen LogP contribution in [0.1, 0.15) is 38.7 Å². The van der Waals surface area contributed by atoms with Gasteiger partial charge in [0.25, 0.3) is 0 Å². The smallest absolute Gasteiger partial charge is 0.240 e. The fourth-order valence-electron chi connectivity index (χ4n) is 3.23. The summed E-state index contributed by atoms with van der Waals surface area (Å²) in [5.41, 5.74) is 1.34. The molecule has 0 unspecified atom stereocenters. The SMILES string of the molecule is CCCS(=O)(=O)N[C@H](C)C(=O)N1CCC(Cc2ccccc2)CC1. The lowest BCUT2D eigenvalue weighted by atomic mass is 9.90. The van der Waals surface area contributed by atoms with Crippen molar-refractivity contribution >= 4 is 15.9 Å². The van der Waals surface area contributed by atoms with Crippen molar-refractivity contribution in [1.29, 1.82) is 0 Å². The maximum absolute atomic E-state index is 12.4. The minimum atomic E-state index is -3.36. The van der Waals surface area contributed by atoms with Gasteiger partial charge in [0.2, 0.25) is 15.9 Å². The summed E-state index contributed by atoms with van der Waals surface area (Å²) in [6, 6.07) is 9.72. The van der Waals surface area contributed by atoms with Gasteiger partial charge in [0.1, 0.15) is 0 Å². The van der Waals surface area contributed by atoms with E-state index in [1.165, 1.54) is 5.56 Å². The first-order valence-corrected chi connectivity index (χ1v) is 10.4. The number of hydrogen-bond acceptors (Lipinski definition) is 3. The van der Waals surface area contributed by atoms with Gasteiger partial charge in [-0.05, 0) is 44.1 Å². The molecule has 0 aliphatic carbocycles. The van der Waals surface area contributed by atoms with Gasteiger partial charge < -0.3 is 4.90 Å². The van der Waals surface area contributed by atoms with Gasteiger partial charge in [-0.2, -0.15) is 0 Å². The highest BCUT2D eigenvalue weighted by Crippen LogP contribution is 2.22. The second-order valence-corrected chi connectivity index (χ2v) is 8.49. The molecule has 1 heterocycles. The zero-order chi connectivity index (χ0) is 17.6. The van der Waals surface area contributed by atoms with Crippen molar-refractivity contribution in [3.05, 3.63) is 35.9 Å². The van der Waals surface area contributed by atoms with Crippen LogP contribution in [0.5, 0.6) is 0 Å². The van der Waals surface area contributed by atoms with Crippen molar-refractivity contribution in [3.63, 3.8) is 0 Å². The van der Waals surface area contributed by atoms with Crippen LogP contribution in [0.25, 0.3) is 0 Å². The minimum absolute atomic E-state index is 0.0593. The predicted molar refractivity (Wildman–Crippen MR) is 96.1 cm³/mol. The van der Waals surface area contributed by atoms with E-state index in [4.69, 9.17) is 0 Å². The van der Waals surface area contributed by atoms with Crippen LogP contribution in [0, 0.1) is 5.92 Å². The molecule has 0 bridgehead atoms. The topological polar surface area (TPSA) is 66.5 Å². The molecular weight excluding hydrogens is 324 g/mol. The second kappa shape index (κ2) is 8.62. The molecule has 1 atom stereocenters. The molecule has 1 fully saturated rings. The average molecular weight is 353 g/mol. The number of sulfonamides is 1. The number of likely N-dealkylation sites (tertiary alicyclic amines) is 1. The molecule has 24 heavy (non-hydrogen) atoms. The number of benzene rings is 1. The standard InChI is InChI=1S/C18H28N2O3S/c1-3-13-24(22,23)19-15(2)18(21)20-11-9-17(10-12-20)14-16-7-5-4-6-8-16/h4-8,15,17,19H,3,9-14H2,1-2H3/t15-/m1/s1. The number of nitrogens with zero attached hydrogens (tertiary/aromatic N) is 1. The maximum Gasteiger partial charge on any atom is 0.240 e. The lowest BCUT2D eigenvalue weighted by molar-refractivity contribution is -0.133. The van der Waals surface area contributed by atoms with Crippen LogP contribution in [-0.2, 0) is 21.2 Å². The lowest BCUT2D eigenvalue weighted by Crippen LogP contribution is -2.49. The molecule has 1 aromatic rings. The summed E-state index contributed by atoms with van der Waals surface area (Å²) in [4.78, 5) is 14.2. The molecule has 1 amide bonds. The van der Waals surface area contributed by atoms with Crippen LogP contribution >= 0.6 is 0 Å². The Morgan fingerprint density at radius 1 is 1.25 bits per heavy atom. The fourth-order valence-corrected chi connectivity index (χ4v) is 4.52. The van der Waals surface area contributed by atoms with Crippen LogP contribution in [0.2, 0.25) is 0 Å². The van der Waals surface area contributed by atoms with Crippen molar-refractivity contribution in [2.45, 2.75) is 45.6 Å². The Morgan fingerprint density at radius 3 is 2.46 bits per heavy atom. The lowest BCUT2D eigenvalue weighted by Gasteiger charge is -2.33. The molecule has 5 nitrogen and oxygen atoms in total. The first-order chi connectivity index (χ1) is 11.4. The van der Waals surface area contributed by atoms with E-state index in [0.29, 0.717) is 25.4 Å². The number of piperidine rings is 1. The molecule has 0 aromatic heterocycles. The van der Waals surface area contributed by atoms with Gasteiger partial charge in [0, 0.05) is 13.1 Å². The van der Waals surface area contributed by atoms with Crippen molar-refractivity contribution in [3.8, 4) is 0 Å². The number of rotatable bonds is 7. The number of carbonyl (C=O) groups is 1. The van der Waals surface area contributed by atoms with Gasteiger partial charge in [0.15, 0.2) is 0 Å². The molecule has 0 saturated carbocycles. The Hall–Kier alpha value is -1.40. The maximum atomic E-state index is 12.4. The largest absolute Gasteiger partial charge is 0.341 e. The van der Waals surface area contributed by atoms with E-state index in [1.54, 1.807) is 11.8 Å². The van der Waals surface area contributed by atoms with Gasteiger partial charge in [-0.1, -0.05) is 37.3 Å². The second-order valence-electron chi connectivity index (χ2n) is 6.62. The highest BCUT2D eigenvalue weighted by Gasteiger charge is 2.28. The Morgan fingerprint density at radius 2 is 1.88 bits per heavy atom. The van der Waals surface area contributed by atoms with Crippen LogP contribution in [0.4, 0.5) is 0 Å². The summed E-state index contributed by atoms with van der Waals surface area (Å²) >= 11 is 0. The predicted octanol–water partition coefficient (Wildman–Crippen LogP) is 2.19. The third-order valence-corrected chi connectivity index (χ3v) is 6.15. The number of carbonyl (C=O) groups excluding carboxylic acids is 1. The molecule has 6 heteroatoms. The van der Waals surface area contributed by atoms with E-state index in [0.717, 1.165) is 19.3 Å². The molecule has 1 N–H and O–H groups in total. The molecule has 0 radical (unpaired) electrons. The monoisotopic (exact) mass is 352 g/mol. The van der Waals surface area contributed by atoms with E-state index in [9.17, 15) is 13.2 Å². The number of nitrogens with one attached hydrogen (secondary N) is 1. The summed E-state index contributed by atoms with van der Waals surface area (Å²) in [6.45, 7) is 4.85. The Kier molecular flexibility index (Phi) is 6.80. The molecule has 134 valence electrons. The Labute approximate surface area is 145 Å². The van der Waals surface area contributed by atoms with Gasteiger partial charge >= 0.3 is 0 Å². The normalized spacial score (nSPS) is 17.7. The van der Waals surface area contributed by atoms with Gasteiger partial charge in [-0.15, -0.1) is 0 Å². The quantitative estimate of drug-likeness (QED) is 0.818. The molecule has 1 saturated heterocycles. The first-order valence-electron chi connectivity index (χ1n) is 8.74. The van der Waals surface area contributed by atoms with Crippen LogP contribution in [0.15, 0.2) is 30.3 Å². The third kappa shape index (κ3) is 5.60. The van der Waals surface area contributed by atoms with E-state index < -0.39 is 16.1 Å². The van der Waals surface area contributed by atoms with Crippen molar-refractivity contribution in [1.82, 2.24) is 9.62 Å². The number of hydrogen-bond donors (Lipinski definition) is 1. The summed E-state index contributed by atoms with van der Waals surface area (Å²) in [5.74, 6) is 0.528. The first kappa shape index (κ1) is 18.9. The van der Waals surface area contributed by atoms with E-state index in [-0.39, 0.29) is 11.7 Å². The summed E-state index contributed by atoms with van der Waals surface area (Å²) in [5, 5.41) is 0. The van der Waals surface area contributed by atoms with Gasteiger partial charge in [-0.25, -0.2) is 13.1 Å². The van der Waals surface area contributed by atoms with Gasteiger partial charge in [0.05, 0.1) is 11.8 Å². The third-order valence-electron chi connectivity index (χ3n) is 4.49. The van der Waals surface area contributed by atoms with Crippen LogP contribution < -0.4 is 4.72 Å². The average Bonchev–Trinajstić information content (AvgIpc) is 2.55. The van der Waals surface area contributed by atoms with Crippen LogP contribution in [0.3, 0.4) is 0 Å². The molecule has 1 aromatic carbocycles. The van der Waals surface area contributed by atoms with Crippen LogP contribution in [-0.4, -0.2) is 44.1 Å². The number of amides is 1. The zero-order valence-electron chi connectivity index (χ0n) is 14.6. The minimum Gasteiger partial charge on any atom is -0.341 e.